The highest BCUT2D eigenvalue weighted by atomic mass is 35.5. The summed E-state index contributed by atoms with van der Waals surface area (Å²) >= 11 is 6.37. The third-order valence-electron chi connectivity index (χ3n) is 9.43. The summed E-state index contributed by atoms with van der Waals surface area (Å²) in [5.74, 6) is -0.961. The van der Waals surface area contributed by atoms with Gasteiger partial charge in [0.2, 0.25) is 5.91 Å². The normalized spacial score (nSPS) is 20.6. The number of fused-ring (bicyclic) bond motifs is 1. The molecular formula is C33H37ClF6N4O4. The summed E-state index contributed by atoms with van der Waals surface area (Å²) < 4.78 is 86.1. The van der Waals surface area contributed by atoms with Crippen LogP contribution in [0.15, 0.2) is 36.4 Å². The first kappa shape index (κ1) is 35.8. The average molecular weight is 703 g/mol. The van der Waals surface area contributed by atoms with Crippen molar-refractivity contribution in [1.82, 2.24) is 14.7 Å². The first-order valence-electron chi connectivity index (χ1n) is 15.8. The van der Waals surface area contributed by atoms with Crippen LogP contribution < -0.4 is 4.90 Å². The minimum absolute atomic E-state index is 0.00409. The lowest BCUT2D eigenvalue weighted by Crippen LogP contribution is -2.43. The van der Waals surface area contributed by atoms with Crippen LogP contribution in [0.25, 0.3) is 0 Å². The molecule has 3 aliphatic heterocycles. The number of hydrogen-bond acceptors (Lipinski definition) is 5. The molecular weight excluding hydrogens is 666 g/mol. The van der Waals surface area contributed by atoms with Crippen LogP contribution in [0, 0.1) is 18.8 Å². The molecule has 0 N–H and O–H groups in total. The van der Waals surface area contributed by atoms with Crippen LogP contribution in [0.3, 0.4) is 0 Å². The van der Waals surface area contributed by atoms with Crippen LogP contribution >= 0.6 is 11.6 Å². The standard InChI is InChI=1S/C33H37ClF6N4O4/c1-20-4-6-25(15-29(20)34)44(31(47)48-26-8-12-42(13-9-26)21(2)45)11-3-10-41-16-22-18-43(19-23(22)17-41)30(46)27-7-5-24(32(35,36)37)14-28(27)33(38,39)40/h4-7,14-15,22-23,26H,3,8-13,16-19H2,1-2H3. The number of aryl methyl sites for hydroxylation is 1. The van der Waals surface area contributed by atoms with E-state index in [0.29, 0.717) is 81.4 Å². The Bertz CT molecular complexity index is 1510. The van der Waals surface area contributed by atoms with Crippen molar-refractivity contribution in [2.45, 2.75) is 51.6 Å². The maximum Gasteiger partial charge on any atom is 0.417 e. The van der Waals surface area contributed by atoms with Gasteiger partial charge in [0.05, 0.1) is 16.7 Å². The number of alkyl halides is 6. The van der Waals surface area contributed by atoms with Crippen molar-refractivity contribution in [2.75, 3.05) is 57.3 Å². The highest BCUT2D eigenvalue weighted by Crippen LogP contribution is 2.39. The van der Waals surface area contributed by atoms with Gasteiger partial charge < -0.3 is 19.4 Å². The third-order valence-corrected chi connectivity index (χ3v) is 9.84. The zero-order valence-electron chi connectivity index (χ0n) is 26.5. The number of benzene rings is 2. The Kier molecular flexibility index (Phi) is 10.5. The number of rotatable bonds is 7. The monoisotopic (exact) mass is 702 g/mol. The van der Waals surface area contributed by atoms with E-state index in [1.54, 1.807) is 21.9 Å². The lowest BCUT2D eigenvalue weighted by Gasteiger charge is -2.32. The average Bonchev–Trinajstić information content (AvgIpc) is 3.59. The van der Waals surface area contributed by atoms with Gasteiger partial charge in [-0.15, -0.1) is 0 Å². The van der Waals surface area contributed by atoms with Gasteiger partial charge in [0, 0.05) is 76.3 Å². The van der Waals surface area contributed by atoms with Crippen molar-refractivity contribution < 1.29 is 45.5 Å². The Morgan fingerprint density at radius 3 is 2.10 bits per heavy atom. The fourth-order valence-electron chi connectivity index (χ4n) is 6.77. The molecule has 0 saturated carbocycles. The number of piperidine rings is 1. The summed E-state index contributed by atoms with van der Waals surface area (Å²) in [5.41, 5.74) is -2.41. The van der Waals surface area contributed by atoms with E-state index in [0.717, 1.165) is 5.56 Å². The van der Waals surface area contributed by atoms with E-state index in [4.69, 9.17) is 16.3 Å². The zero-order chi connectivity index (χ0) is 35.0. The van der Waals surface area contributed by atoms with Gasteiger partial charge in [0.15, 0.2) is 0 Å². The second kappa shape index (κ2) is 14.1. The number of anilines is 1. The SMILES string of the molecule is CC(=O)N1CCC(OC(=O)N(CCCN2CC3CN(C(=O)c4ccc(C(F)(F)F)cc4C(F)(F)F)CC3C2)c2ccc(C)c(Cl)c2)CC1. The van der Waals surface area contributed by atoms with Gasteiger partial charge in [-0.3, -0.25) is 14.5 Å². The second-order valence-corrected chi connectivity index (χ2v) is 13.2. The van der Waals surface area contributed by atoms with Crippen molar-refractivity contribution in [3.8, 4) is 0 Å². The Balaban J connectivity index is 1.17. The summed E-state index contributed by atoms with van der Waals surface area (Å²) in [6, 6.07) is 6.44. The summed E-state index contributed by atoms with van der Waals surface area (Å²) in [6.45, 7) is 6.89. The lowest BCUT2D eigenvalue weighted by molar-refractivity contribution is -0.143. The number of nitrogens with zero attached hydrogens (tertiary/aromatic N) is 4. The molecule has 262 valence electrons. The maximum absolute atomic E-state index is 13.7. The van der Waals surface area contributed by atoms with Crippen LogP contribution in [0.4, 0.5) is 36.8 Å². The third kappa shape index (κ3) is 8.19. The Labute approximate surface area is 279 Å². The molecule has 3 fully saturated rings. The molecule has 0 spiro atoms. The van der Waals surface area contributed by atoms with E-state index in [1.165, 1.54) is 11.8 Å². The molecule has 3 saturated heterocycles. The number of halogens is 7. The Hall–Kier alpha value is -3.52. The molecule has 3 aliphatic rings. The van der Waals surface area contributed by atoms with Gasteiger partial charge in [-0.25, -0.2) is 4.79 Å². The van der Waals surface area contributed by atoms with Gasteiger partial charge in [-0.05, 0) is 67.6 Å². The molecule has 3 heterocycles. The minimum Gasteiger partial charge on any atom is -0.446 e. The molecule has 2 unspecified atom stereocenters. The van der Waals surface area contributed by atoms with Gasteiger partial charge >= 0.3 is 18.4 Å². The largest absolute Gasteiger partial charge is 0.446 e. The number of carbonyl (C=O) groups excluding carboxylic acids is 3. The van der Waals surface area contributed by atoms with E-state index < -0.39 is 41.0 Å². The van der Waals surface area contributed by atoms with Crippen LogP contribution in [-0.2, 0) is 21.9 Å². The predicted molar refractivity (Wildman–Crippen MR) is 166 cm³/mol. The molecule has 5 rings (SSSR count). The van der Waals surface area contributed by atoms with Gasteiger partial charge in [-0.2, -0.15) is 26.3 Å². The van der Waals surface area contributed by atoms with Gasteiger partial charge in [0.25, 0.3) is 5.91 Å². The topological polar surface area (TPSA) is 73.4 Å². The lowest BCUT2D eigenvalue weighted by atomic mass is 10.0. The van der Waals surface area contributed by atoms with Crippen molar-refractivity contribution in [3.05, 3.63) is 63.7 Å². The molecule has 48 heavy (non-hydrogen) atoms. The van der Waals surface area contributed by atoms with Crippen LogP contribution in [0.5, 0.6) is 0 Å². The second-order valence-electron chi connectivity index (χ2n) is 12.8. The van der Waals surface area contributed by atoms with E-state index in [9.17, 15) is 40.7 Å². The van der Waals surface area contributed by atoms with Crippen molar-refractivity contribution in [3.63, 3.8) is 0 Å². The first-order chi connectivity index (χ1) is 22.5. The highest BCUT2D eigenvalue weighted by molar-refractivity contribution is 6.31. The van der Waals surface area contributed by atoms with E-state index in [1.807, 2.05) is 13.0 Å². The van der Waals surface area contributed by atoms with Crippen molar-refractivity contribution in [2.24, 2.45) is 11.8 Å². The number of ether oxygens (including phenoxy) is 1. The molecule has 0 aliphatic carbocycles. The number of amides is 3. The molecule has 3 amide bonds. The summed E-state index contributed by atoms with van der Waals surface area (Å²) in [5, 5.41) is 0.505. The van der Waals surface area contributed by atoms with E-state index in [-0.39, 0.29) is 43.0 Å². The maximum atomic E-state index is 13.7. The molecule has 2 atom stereocenters. The molecule has 2 aromatic rings. The molecule has 2 aromatic carbocycles. The van der Waals surface area contributed by atoms with Crippen molar-refractivity contribution in [1.29, 1.82) is 0 Å². The minimum atomic E-state index is -5.13. The van der Waals surface area contributed by atoms with Crippen molar-refractivity contribution >= 4 is 35.2 Å². The first-order valence-corrected chi connectivity index (χ1v) is 16.2. The van der Waals surface area contributed by atoms with E-state index in [2.05, 4.69) is 4.90 Å². The fraction of sp³-hybridized carbons (Fsp3) is 0.545. The Morgan fingerprint density at radius 1 is 0.896 bits per heavy atom. The van der Waals surface area contributed by atoms with Gasteiger partial charge in [0.1, 0.15) is 6.10 Å². The highest BCUT2D eigenvalue weighted by Gasteiger charge is 2.44. The number of likely N-dealkylation sites (tertiary alicyclic amines) is 3. The molecule has 15 heteroatoms. The molecule has 0 bridgehead atoms. The molecule has 0 radical (unpaired) electrons. The zero-order valence-corrected chi connectivity index (χ0v) is 27.3. The number of carbonyl (C=O) groups is 3. The van der Waals surface area contributed by atoms with Crippen LogP contribution in [0.2, 0.25) is 5.02 Å². The van der Waals surface area contributed by atoms with Crippen LogP contribution in [-0.4, -0.2) is 91.1 Å². The Morgan fingerprint density at radius 2 is 1.54 bits per heavy atom. The summed E-state index contributed by atoms with van der Waals surface area (Å²) in [4.78, 5) is 44.9. The smallest absolute Gasteiger partial charge is 0.417 e. The quantitative estimate of drug-likeness (QED) is 0.299. The van der Waals surface area contributed by atoms with E-state index >= 15 is 0 Å². The fourth-order valence-corrected chi connectivity index (χ4v) is 6.95. The molecule has 8 nitrogen and oxygen atoms in total. The summed E-state index contributed by atoms with van der Waals surface area (Å²) in [6.07, 6.45) is -9.28. The predicted octanol–water partition coefficient (Wildman–Crippen LogP) is 6.73. The molecule has 0 aromatic heterocycles. The summed E-state index contributed by atoms with van der Waals surface area (Å²) in [7, 11) is 0. The van der Waals surface area contributed by atoms with Crippen LogP contribution in [0.1, 0.15) is 53.2 Å². The number of hydrogen-bond donors (Lipinski definition) is 0. The van der Waals surface area contributed by atoms with Gasteiger partial charge in [-0.1, -0.05) is 17.7 Å².